The first-order valence-corrected chi connectivity index (χ1v) is 17.1. The molecule has 0 unspecified atom stereocenters. The van der Waals surface area contributed by atoms with Crippen LogP contribution in [0, 0.1) is 0 Å². The fourth-order valence-electron chi connectivity index (χ4n) is 5.01. The third-order valence-electron chi connectivity index (χ3n) is 7.09. The van der Waals surface area contributed by atoms with E-state index in [-0.39, 0.29) is 17.7 Å². The summed E-state index contributed by atoms with van der Waals surface area (Å²) in [5.74, 6) is 1.16. The molecule has 3 heterocycles. The molecule has 0 aliphatic carbocycles. The van der Waals surface area contributed by atoms with E-state index in [1.165, 1.54) is 15.9 Å². The van der Waals surface area contributed by atoms with Crippen LogP contribution in [0.4, 0.5) is 0 Å². The molecule has 5 aromatic rings. The van der Waals surface area contributed by atoms with E-state index in [0.29, 0.717) is 38.9 Å². The third kappa shape index (κ3) is 6.58. The van der Waals surface area contributed by atoms with E-state index in [9.17, 15) is 9.59 Å². The maximum absolute atomic E-state index is 14.1. The summed E-state index contributed by atoms with van der Waals surface area (Å²) in [6, 6.07) is 24.2. The molecule has 0 radical (unpaired) electrons. The van der Waals surface area contributed by atoms with Crippen molar-refractivity contribution in [1.29, 1.82) is 0 Å². The van der Waals surface area contributed by atoms with Gasteiger partial charge in [-0.1, -0.05) is 69.7 Å². The Morgan fingerprint density at radius 2 is 1.73 bits per heavy atom. The number of allylic oxidation sites excluding steroid dienone is 1. The highest BCUT2D eigenvalue weighted by Crippen LogP contribution is 2.36. The zero-order chi connectivity index (χ0) is 31.7. The molecule has 3 aromatic carbocycles. The number of fused-ring (bicyclic) bond motifs is 1. The predicted octanol–water partition coefficient (Wildman–Crippen LogP) is 7.92. The van der Waals surface area contributed by atoms with Crippen LogP contribution in [0.15, 0.2) is 118 Å². The number of nitrogens with zero attached hydrogens (tertiary/aromatic N) is 2. The standard InChI is InChI=1S/C34H25Br3N2O5S/c1-3-42-33(41)29-19(2)38-34-39(30(29)27-14-13-26(44-27)22-9-11-23(35)12-10-22)32(40)28(45-34)17-21-15-24(36)31(25(37)16-21)43-18-20-7-5-4-6-8-20/h4-17,30H,3,18H2,1-2H3/b28-17-/t30-/m1/s1. The molecule has 2 aromatic heterocycles. The van der Waals surface area contributed by atoms with Crippen LogP contribution in [0.25, 0.3) is 17.4 Å². The molecular weight excluding hydrogens is 788 g/mol. The second-order valence-corrected chi connectivity index (χ2v) is 13.7. The average molecular weight is 813 g/mol. The largest absolute Gasteiger partial charge is 0.487 e. The number of benzene rings is 3. The van der Waals surface area contributed by atoms with E-state index >= 15 is 0 Å². The number of furan rings is 1. The Bertz CT molecular complexity index is 2090. The molecule has 0 spiro atoms. The number of halogens is 3. The smallest absolute Gasteiger partial charge is 0.338 e. The van der Waals surface area contributed by atoms with Crippen molar-refractivity contribution in [2.75, 3.05) is 6.61 Å². The Morgan fingerprint density at radius 3 is 2.42 bits per heavy atom. The van der Waals surface area contributed by atoms with Gasteiger partial charge in [0.15, 0.2) is 4.80 Å². The molecule has 1 aliphatic rings. The number of carbonyl (C=O) groups is 1. The van der Waals surface area contributed by atoms with Crippen molar-refractivity contribution in [3.8, 4) is 17.1 Å². The summed E-state index contributed by atoms with van der Waals surface area (Å²) in [5, 5.41) is 0. The van der Waals surface area contributed by atoms with Crippen molar-refractivity contribution in [3.63, 3.8) is 0 Å². The Labute approximate surface area is 287 Å². The van der Waals surface area contributed by atoms with Crippen LogP contribution >= 0.6 is 59.1 Å². The number of hydrogen-bond acceptors (Lipinski definition) is 7. The van der Waals surface area contributed by atoms with Crippen molar-refractivity contribution in [1.82, 2.24) is 4.57 Å². The molecule has 0 saturated carbocycles. The minimum Gasteiger partial charge on any atom is -0.487 e. The lowest BCUT2D eigenvalue weighted by molar-refractivity contribution is -0.139. The van der Waals surface area contributed by atoms with Crippen LogP contribution in [0.1, 0.15) is 36.8 Å². The van der Waals surface area contributed by atoms with Gasteiger partial charge >= 0.3 is 5.97 Å². The minimum atomic E-state index is -0.848. The Kier molecular flexibility index (Phi) is 9.41. The molecule has 0 N–H and O–H groups in total. The van der Waals surface area contributed by atoms with Crippen molar-refractivity contribution in [3.05, 3.63) is 140 Å². The molecule has 0 fully saturated rings. The van der Waals surface area contributed by atoms with Crippen molar-refractivity contribution < 1.29 is 18.7 Å². The van der Waals surface area contributed by atoms with Gasteiger partial charge in [0.05, 0.1) is 31.4 Å². The van der Waals surface area contributed by atoms with E-state index in [1.54, 1.807) is 26.0 Å². The molecule has 1 aliphatic heterocycles. The summed E-state index contributed by atoms with van der Waals surface area (Å²) in [4.78, 5) is 32.4. The first kappa shape index (κ1) is 31.5. The van der Waals surface area contributed by atoms with Crippen molar-refractivity contribution in [2.24, 2.45) is 4.99 Å². The van der Waals surface area contributed by atoms with Gasteiger partial charge in [0, 0.05) is 10.0 Å². The van der Waals surface area contributed by atoms with E-state index in [1.807, 2.05) is 72.8 Å². The van der Waals surface area contributed by atoms with Gasteiger partial charge in [-0.15, -0.1) is 0 Å². The lowest BCUT2D eigenvalue weighted by Crippen LogP contribution is -2.39. The highest BCUT2D eigenvalue weighted by Gasteiger charge is 2.35. The Balaban J connectivity index is 1.41. The summed E-state index contributed by atoms with van der Waals surface area (Å²) >= 11 is 12.0. The average Bonchev–Trinajstić information content (AvgIpc) is 3.62. The topological polar surface area (TPSA) is 83.0 Å². The molecule has 6 rings (SSSR count). The van der Waals surface area contributed by atoms with Crippen LogP contribution in [0.5, 0.6) is 5.75 Å². The molecule has 11 heteroatoms. The van der Waals surface area contributed by atoms with Gasteiger partial charge in [-0.2, -0.15) is 0 Å². The fraction of sp³-hybridized carbons (Fsp3) is 0.147. The van der Waals surface area contributed by atoms with Gasteiger partial charge in [-0.25, -0.2) is 9.79 Å². The molecule has 0 amide bonds. The second kappa shape index (κ2) is 13.5. The zero-order valence-corrected chi connectivity index (χ0v) is 29.6. The Hall–Kier alpha value is -3.51. The van der Waals surface area contributed by atoms with Gasteiger partial charge in [-0.05, 0) is 99.3 Å². The van der Waals surface area contributed by atoms with Gasteiger partial charge < -0.3 is 13.9 Å². The molecule has 45 heavy (non-hydrogen) atoms. The third-order valence-corrected chi connectivity index (χ3v) is 9.78. The SMILES string of the molecule is CCOC(=O)C1=C(C)N=c2s/c(=C\c3cc(Br)c(OCc4ccccc4)c(Br)c3)c(=O)n2[C@@H]1c1ccc(-c2ccc(Br)cc2)o1. The number of ether oxygens (including phenoxy) is 2. The number of aromatic nitrogens is 1. The van der Waals surface area contributed by atoms with Crippen LogP contribution in [0.2, 0.25) is 0 Å². The maximum atomic E-state index is 14.1. The van der Waals surface area contributed by atoms with Gasteiger partial charge in [-0.3, -0.25) is 9.36 Å². The molecule has 0 saturated heterocycles. The first-order chi connectivity index (χ1) is 21.7. The lowest BCUT2D eigenvalue weighted by atomic mass is 10.0. The van der Waals surface area contributed by atoms with E-state index in [4.69, 9.17) is 13.9 Å². The molecule has 1 atom stereocenters. The number of esters is 1. The van der Waals surface area contributed by atoms with Crippen LogP contribution in [0.3, 0.4) is 0 Å². The highest BCUT2D eigenvalue weighted by molar-refractivity contribution is 9.11. The van der Waals surface area contributed by atoms with Gasteiger partial charge in [0.1, 0.15) is 29.9 Å². The van der Waals surface area contributed by atoms with Crippen molar-refractivity contribution in [2.45, 2.75) is 26.5 Å². The van der Waals surface area contributed by atoms with Crippen LogP contribution in [-0.4, -0.2) is 17.1 Å². The van der Waals surface area contributed by atoms with Crippen LogP contribution < -0.4 is 19.6 Å². The number of thiazole rings is 1. The molecule has 0 bridgehead atoms. The van der Waals surface area contributed by atoms with Crippen molar-refractivity contribution >= 4 is 71.2 Å². The number of rotatable bonds is 8. The monoisotopic (exact) mass is 810 g/mol. The van der Waals surface area contributed by atoms with Crippen LogP contribution in [-0.2, 0) is 16.1 Å². The van der Waals surface area contributed by atoms with E-state index in [2.05, 4.69) is 52.8 Å². The summed E-state index contributed by atoms with van der Waals surface area (Å²) in [7, 11) is 0. The quantitative estimate of drug-likeness (QED) is 0.149. The minimum absolute atomic E-state index is 0.184. The van der Waals surface area contributed by atoms with E-state index < -0.39 is 12.0 Å². The normalized spacial score (nSPS) is 14.7. The first-order valence-electron chi connectivity index (χ1n) is 13.9. The summed E-state index contributed by atoms with van der Waals surface area (Å²) in [6.45, 7) is 4.08. The van der Waals surface area contributed by atoms with Gasteiger partial charge in [0.25, 0.3) is 5.56 Å². The Morgan fingerprint density at radius 1 is 1.02 bits per heavy atom. The predicted molar refractivity (Wildman–Crippen MR) is 185 cm³/mol. The van der Waals surface area contributed by atoms with E-state index in [0.717, 1.165) is 30.1 Å². The molecular formula is C34H25Br3N2O5S. The number of carbonyl (C=O) groups excluding carboxylic acids is 1. The molecule has 7 nitrogen and oxygen atoms in total. The second-order valence-electron chi connectivity index (χ2n) is 10.1. The lowest BCUT2D eigenvalue weighted by Gasteiger charge is -2.22. The maximum Gasteiger partial charge on any atom is 0.338 e. The summed E-state index contributed by atoms with van der Waals surface area (Å²) in [5.41, 5.74) is 3.13. The molecule has 228 valence electrons. The fourth-order valence-corrected chi connectivity index (χ4v) is 7.77. The highest BCUT2D eigenvalue weighted by atomic mass is 79.9. The summed E-state index contributed by atoms with van der Waals surface area (Å²) < 4.78 is 22.2. The summed E-state index contributed by atoms with van der Waals surface area (Å²) in [6.07, 6.45) is 1.80. The number of hydrogen-bond donors (Lipinski definition) is 0. The zero-order valence-electron chi connectivity index (χ0n) is 24.1. The van der Waals surface area contributed by atoms with Gasteiger partial charge in [0.2, 0.25) is 0 Å².